The van der Waals surface area contributed by atoms with Gasteiger partial charge in [0.15, 0.2) is 0 Å². The fourth-order valence-electron chi connectivity index (χ4n) is 3.91. The number of nitrogens with one attached hydrogen (secondary N) is 2. The van der Waals surface area contributed by atoms with Gasteiger partial charge in [-0.15, -0.1) is 0 Å². The molecule has 25 heavy (non-hydrogen) atoms. The molecule has 2 fully saturated rings. The largest absolute Gasteiger partial charge is 0.352 e. The van der Waals surface area contributed by atoms with Crippen LogP contribution in [0, 0.1) is 17.6 Å². The van der Waals surface area contributed by atoms with Crippen LogP contribution in [0.2, 0.25) is 0 Å². The number of likely N-dealkylation sites (tertiary alicyclic amines) is 1. The van der Waals surface area contributed by atoms with Crippen LogP contribution in [0.15, 0.2) is 18.2 Å². The van der Waals surface area contributed by atoms with Crippen molar-refractivity contribution >= 4 is 5.91 Å². The Labute approximate surface area is 148 Å². The number of amides is 1. The van der Waals surface area contributed by atoms with Crippen molar-refractivity contribution in [1.82, 2.24) is 15.5 Å². The van der Waals surface area contributed by atoms with Crippen LogP contribution in [-0.2, 0) is 11.3 Å². The molecule has 1 unspecified atom stereocenters. The third-order valence-electron chi connectivity index (χ3n) is 5.29. The van der Waals surface area contributed by atoms with Gasteiger partial charge >= 0.3 is 0 Å². The summed E-state index contributed by atoms with van der Waals surface area (Å²) in [5, 5.41) is 6.51. The van der Waals surface area contributed by atoms with Gasteiger partial charge in [0.1, 0.15) is 11.6 Å². The molecule has 1 aromatic carbocycles. The van der Waals surface area contributed by atoms with Crippen molar-refractivity contribution in [1.29, 1.82) is 0 Å². The number of piperidine rings is 2. The lowest BCUT2D eigenvalue weighted by Crippen LogP contribution is -2.50. The van der Waals surface area contributed by atoms with E-state index < -0.39 is 11.6 Å². The fourth-order valence-corrected chi connectivity index (χ4v) is 3.91. The van der Waals surface area contributed by atoms with E-state index in [-0.39, 0.29) is 30.0 Å². The van der Waals surface area contributed by atoms with Gasteiger partial charge in [-0.05, 0) is 57.8 Å². The lowest BCUT2D eigenvalue weighted by Gasteiger charge is -2.35. The smallest absolute Gasteiger partial charge is 0.223 e. The van der Waals surface area contributed by atoms with E-state index in [1.165, 1.54) is 18.2 Å². The Morgan fingerprint density at radius 2 is 2.08 bits per heavy atom. The molecule has 3 atom stereocenters. The highest BCUT2D eigenvalue weighted by molar-refractivity contribution is 5.79. The molecule has 2 saturated heterocycles. The predicted molar refractivity (Wildman–Crippen MR) is 93.0 cm³/mol. The molecule has 1 aromatic rings. The van der Waals surface area contributed by atoms with E-state index in [9.17, 15) is 13.6 Å². The van der Waals surface area contributed by atoms with Gasteiger partial charge in [0.05, 0.1) is 0 Å². The molecule has 0 aromatic heterocycles. The predicted octanol–water partition coefficient (Wildman–Crippen LogP) is 2.43. The topological polar surface area (TPSA) is 44.4 Å². The molecule has 2 heterocycles. The second-order valence-corrected chi connectivity index (χ2v) is 7.36. The maximum atomic E-state index is 13.8. The molecule has 6 heteroatoms. The molecule has 1 amide bonds. The van der Waals surface area contributed by atoms with Crippen molar-refractivity contribution in [3.05, 3.63) is 35.4 Å². The molecular weight excluding hydrogens is 324 g/mol. The molecule has 0 saturated carbocycles. The average Bonchev–Trinajstić information content (AvgIpc) is 2.59. The zero-order chi connectivity index (χ0) is 17.8. The van der Waals surface area contributed by atoms with Gasteiger partial charge in [-0.3, -0.25) is 9.69 Å². The molecule has 0 bridgehead atoms. The summed E-state index contributed by atoms with van der Waals surface area (Å²) in [6.07, 6.45) is 3.57. The van der Waals surface area contributed by atoms with Crippen molar-refractivity contribution in [3.8, 4) is 0 Å². The third-order valence-corrected chi connectivity index (χ3v) is 5.29. The first-order valence-corrected chi connectivity index (χ1v) is 9.22. The van der Waals surface area contributed by atoms with E-state index in [1.54, 1.807) is 0 Å². The standard InChI is InChI=1S/C19H27F2N3O/c1-13-10-14(7-8-22-13)19(25)23-15-4-3-9-24(11-15)12-16-17(20)5-2-6-18(16)21/h2,5-6,13-15,22H,3-4,7-12H2,1H3,(H,23,25)/t13-,14-,15?/m0/s1. The van der Waals surface area contributed by atoms with E-state index in [1.807, 2.05) is 4.90 Å². The van der Waals surface area contributed by atoms with E-state index in [2.05, 4.69) is 17.6 Å². The van der Waals surface area contributed by atoms with Gasteiger partial charge in [0.25, 0.3) is 0 Å². The van der Waals surface area contributed by atoms with Gasteiger partial charge in [0.2, 0.25) is 5.91 Å². The van der Waals surface area contributed by atoms with Gasteiger partial charge in [-0.25, -0.2) is 8.78 Å². The quantitative estimate of drug-likeness (QED) is 0.876. The van der Waals surface area contributed by atoms with Crippen LogP contribution in [0.3, 0.4) is 0 Å². The van der Waals surface area contributed by atoms with Gasteiger partial charge in [-0.1, -0.05) is 6.07 Å². The van der Waals surface area contributed by atoms with E-state index in [0.717, 1.165) is 38.8 Å². The summed E-state index contributed by atoms with van der Waals surface area (Å²) in [5.41, 5.74) is 0.113. The molecule has 2 N–H and O–H groups in total. The van der Waals surface area contributed by atoms with Crippen LogP contribution in [0.25, 0.3) is 0 Å². The summed E-state index contributed by atoms with van der Waals surface area (Å²) >= 11 is 0. The van der Waals surface area contributed by atoms with Crippen LogP contribution in [0.1, 0.15) is 38.2 Å². The molecule has 138 valence electrons. The van der Waals surface area contributed by atoms with Crippen molar-refractivity contribution in [2.24, 2.45) is 5.92 Å². The minimum absolute atomic E-state index is 0.0567. The first kappa shape index (κ1) is 18.3. The zero-order valence-corrected chi connectivity index (χ0v) is 14.7. The molecule has 2 aliphatic heterocycles. The van der Waals surface area contributed by atoms with Gasteiger partial charge in [-0.2, -0.15) is 0 Å². The number of hydrogen-bond acceptors (Lipinski definition) is 3. The highest BCUT2D eigenvalue weighted by Gasteiger charge is 2.28. The average molecular weight is 351 g/mol. The summed E-state index contributed by atoms with van der Waals surface area (Å²) in [5.74, 6) is -0.822. The lowest BCUT2D eigenvalue weighted by molar-refractivity contribution is -0.127. The normalized spacial score (nSPS) is 27.9. The highest BCUT2D eigenvalue weighted by atomic mass is 19.1. The molecule has 0 aliphatic carbocycles. The molecule has 2 aliphatic rings. The van der Waals surface area contributed by atoms with Gasteiger partial charge in [0, 0.05) is 36.7 Å². The lowest BCUT2D eigenvalue weighted by atomic mass is 9.92. The number of nitrogens with zero attached hydrogens (tertiary/aromatic N) is 1. The summed E-state index contributed by atoms with van der Waals surface area (Å²) < 4.78 is 27.7. The second-order valence-electron chi connectivity index (χ2n) is 7.36. The van der Waals surface area contributed by atoms with Crippen LogP contribution in [0.5, 0.6) is 0 Å². The van der Waals surface area contributed by atoms with Crippen LogP contribution >= 0.6 is 0 Å². The van der Waals surface area contributed by atoms with Crippen molar-refractivity contribution < 1.29 is 13.6 Å². The third kappa shape index (κ3) is 4.76. The number of halogens is 2. The molecule has 4 nitrogen and oxygen atoms in total. The van der Waals surface area contributed by atoms with Crippen molar-refractivity contribution in [2.75, 3.05) is 19.6 Å². The monoisotopic (exact) mass is 351 g/mol. The number of benzene rings is 1. The zero-order valence-electron chi connectivity index (χ0n) is 14.7. The van der Waals surface area contributed by atoms with E-state index in [0.29, 0.717) is 12.6 Å². The van der Waals surface area contributed by atoms with E-state index >= 15 is 0 Å². The number of rotatable bonds is 4. The summed E-state index contributed by atoms with van der Waals surface area (Å²) in [6.45, 7) is 4.66. The maximum absolute atomic E-state index is 13.8. The summed E-state index contributed by atoms with van der Waals surface area (Å²) in [6, 6.07) is 4.39. The highest BCUT2D eigenvalue weighted by Crippen LogP contribution is 2.20. The van der Waals surface area contributed by atoms with Crippen molar-refractivity contribution in [2.45, 2.75) is 51.2 Å². The first-order chi connectivity index (χ1) is 12.0. The second kappa shape index (κ2) is 8.23. The summed E-state index contributed by atoms with van der Waals surface area (Å²) in [7, 11) is 0. The van der Waals surface area contributed by atoms with Crippen LogP contribution < -0.4 is 10.6 Å². The Morgan fingerprint density at radius 1 is 1.32 bits per heavy atom. The Hall–Kier alpha value is -1.53. The number of carbonyl (C=O) groups excluding carboxylic acids is 1. The van der Waals surface area contributed by atoms with Gasteiger partial charge < -0.3 is 10.6 Å². The minimum Gasteiger partial charge on any atom is -0.352 e. The Kier molecular flexibility index (Phi) is 6.02. The maximum Gasteiger partial charge on any atom is 0.223 e. The van der Waals surface area contributed by atoms with Crippen LogP contribution in [0.4, 0.5) is 8.78 Å². The van der Waals surface area contributed by atoms with Crippen LogP contribution in [-0.4, -0.2) is 42.5 Å². The fraction of sp³-hybridized carbons (Fsp3) is 0.632. The molecule has 0 radical (unpaired) electrons. The summed E-state index contributed by atoms with van der Waals surface area (Å²) in [4.78, 5) is 14.5. The van der Waals surface area contributed by atoms with E-state index in [4.69, 9.17) is 0 Å². The number of hydrogen-bond donors (Lipinski definition) is 2. The van der Waals surface area contributed by atoms with Crippen molar-refractivity contribution in [3.63, 3.8) is 0 Å². The molecular formula is C19H27F2N3O. The molecule has 0 spiro atoms. The number of carbonyl (C=O) groups is 1. The minimum atomic E-state index is -0.505. The first-order valence-electron chi connectivity index (χ1n) is 9.22. The SMILES string of the molecule is C[C@H]1C[C@@H](C(=O)NC2CCCN(Cc3c(F)cccc3F)C2)CCN1. The Balaban J connectivity index is 1.55. The Bertz CT molecular complexity index is 590. The molecule has 3 rings (SSSR count). The Morgan fingerprint density at radius 3 is 2.80 bits per heavy atom.